The van der Waals surface area contributed by atoms with Crippen molar-refractivity contribution in [1.82, 2.24) is 10.6 Å². The first-order valence-electron chi connectivity index (χ1n) is 7.67. The summed E-state index contributed by atoms with van der Waals surface area (Å²) in [7, 11) is 0. The molecule has 0 fully saturated rings. The van der Waals surface area contributed by atoms with Gasteiger partial charge in [-0.05, 0) is 31.0 Å². The molecule has 2 amide bonds. The molecular weight excluding hydrogens is 329 g/mol. The molecule has 0 spiro atoms. The lowest BCUT2D eigenvalue weighted by atomic mass is 10.0. The molecule has 0 aliphatic rings. The van der Waals surface area contributed by atoms with Crippen molar-refractivity contribution in [2.45, 2.75) is 38.8 Å². The molecule has 0 saturated heterocycles. The number of carbonyl (C=O) groups is 3. The molecule has 0 aromatic heterocycles. The van der Waals surface area contributed by atoms with Crippen LogP contribution in [0.5, 0.6) is 0 Å². The lowest BCUT2D eigenvalue weighted by Crippen LogP contribution is -2.52. The van der Waals surface area contributed by atoms with Crippen LogP contribution >= 0.6 is 0 Å². The number of aliphatic carboxylic acids is 1. The maximum atomic E-state index is 13.0. The van der Waals surface area contributed by atoms with Crippen LogP contribution in [0, 0.1) is 23.1 Å². The van der Waals surface area contributed by atoms with Crippen LogP contribution in [-0.4, -0.2) is 35.0 Å². The summed E-state index contributed by atoms with van der Waals surface area (Å²) in [4.78, 5) is 35.0. The molecule has 3 atom stereocenters. The van der Waals surface area contributed by atoms with Crippen LogP contribution in [0.25, 0.3) is 0 Å². The second-order valence-electron chi connectivity index (χ2n) is 5.75. The molecule has 25 heavy (non-hydrogen) atoms. The molecule has 0 aliphatic carbocycles. The molecule has 0 unspecified atom stereocenters. The van der Waals surface area contributed by atoms with Gasteiger partial charge in [-0.3, -0.25) is 9.59 Å². The molecule has 1 aromatic rings. The molecule has 0 aliphatic heterocycles. The summed E-state index contributed by atoms with van der Waals surface area (Å²) in [5.41, 5.74) is 0.604. The van der Waals surface area contributed by atoms with Gasteiger partial charge in [-0.25, -0.2) is 9.18 Å². The van der Waals surface area contributed by atoms with E-state index in [0.29, 0.717) is 5.56 Å². The third kappa shape index (κ3) is 6.99. The predicted octanol–water partition coefficient (Wildman–Crippen LogP) is 0.992. The van der Waals surface area contributed by atoms with Crippen molar-refractivity contribution in [1.29, 1.82) is 5.26 Å². The zero-order chi connectivity index (χ0) is 19.0. The zero-order valence-corrected chi connectivity index (χ0v) is 14.0. The van der Waals surface area contributed by atoms with Crippen LogP contribution in [0.3, 0.4) is 0 Å². The van der Waals surface area contributed by atoms with E-state index >= 15 is 0 Å². The average molecular weight is 349 g/mol. The van der Waals surface area contributed by atoms with E-state index in [2.05, 4.69) is 10.6 Å². The van der Waals surface area contributed by atoms with Gasteiger partial charge in [0, 0.05) is 19.3 Å². The fourth-order valence-electron chi connectivity index (χ4n) is 2.21. The van der Waals surface area contributed by atoms with Crippen LogP contribution in [0.2, 0.25) is 0 Å². The molecule has 1 aromatic carbocycles. The van der Waals surface area contributed by atoms with Crippen LogP contribution in [-0.2, 0) is 20.8 Å². The minimum Gasteiger partial charge on any atom is -0.480 e. The van der Waals surface area contributed by atoms with Gasteiger partial charge in [0.2, 0.25) is 11.8 Å². The number of hydrogen-bond donors (Lipinski definition) is 3. The highest BCUT2D eigenvalue weighted by Crippen LogP contribution is 2.09. The van der Waals surface area contributed by atoms with Crippen molar-refractivity contribution < 1.29 is 23.9 Å². The summed E-state index contributed by atoms with van der Waals surface area (Å²) >= 11 is 0. The summed E-state index contributed by atoms with van der Waals surface area (Å²) < 4.78 is 13.0. The fourth-order valence-corrected chi connectivity index (χ4v) is 2.21. The topological polar surface area (TPSA) is 119 Å². The molecule has 7 nitrogen and oxygen atoms in total. The highest BCUT2D eigenvalue weighted by Gasteiger charge is 2.27. The van der Waals surface area contributed by atoms with Gasteiger partial charge in [0.15, 0.2) is 0 Å². The van der Waals surface area contributed by atoms with Gasteiger partial charge >= 0.3 is 5.97 Å². The summed E-state index contributed by atoms with van der Waals surface area (Å²) in [6.07, 6.45) is 0.0206. The monoisotopic (exact) mass is 349 g/mol. The molecule has 134 valence electrons. The first-order chi connectivity index (χ1) is 11.7. The number of amides is 2. The maximum Gasteiger partial charge on any atom is 0.326 e. The summed E-state index contributed by atoms with van der Waals surface area (Å²) in [5, 5.41) is 22.8. The van der Waals surface area contributed by atoms with Crippen molar-refractivity contribution in [2.75, 3.05) is 0 Å². The number of hydrogen-bond acceptors (Lipinski definition) is 4. The van der Waals surface area contributed by atoms with E-state index in [0.717, 1.165) is 0 Å². The minimum atomic E-state index is -1.26. The van der Waals surface area contributed by atoms with E-state index < -0.39 is 41.6 Å². The summed E-state index contributed by atoms with van der Waals surface area (Å²) in [5.74, 6) is -3.39. The number of carboxylic acid groups (broad SMARTS) is 1. The van der Waals surface area contributed by atoms with Crippen LogP contribution in [0.15, 0.2) is 24.3 Å². The Morgan fingerprint density at radius 2 is 1.80 bits per heavy atom. The molecule has 0 radical (unpaired) electrons. The van der Waals surface area contributed by atoms with Gasteiger partial charge in [0.1, 0.15) is 17.9 Å². The largest absolute Gasteiger partial charge is 0.480 e. The Balaban J connectivity index is 2.87. The highest BCUT2D eigenvalue weighted by molar-refractivity contribution is 5.90. The zero-order valence-electron chi connectivity index (χ0n) is 14.0. The van der Waals surface area contributed by atoms with Crippen molar-refractivity contribution in [3.8, 4) is 6.07 Å². The SMILES string of the molecule is CC(=O)N[C@H](Cc1ccc(F)cc1)C(=O)N[C@@H](C[C@H](C)C#N)C(=O)O. The number of carboxylic acids is 1. The molecule has 3 N–H and O–H groups in total. The average Bonchev–Trinajstić information content (AvgIpc) is 2.54. The third-order valence-corrected chi connectivity index (χ3v) is 3.47. The van der Waals surface area contributed by atoms with Gasteiger partial charge in [-0.2, -0.15) is 5.26 Å². The molecule has 0 bridgehead atoms. The van der Waals surface area contributed by atoms with E-state index in [9.17, 15) is 23.9 Å². The van der Waals surface area contributed by atoms with Crippen LogP contribution < -0.4 is 10.6 Å². The Kier molecular flexibility index (Phi) is 7.53. The number of nitriles is 1. The number of rotatable bonds is 8. The van der Waals surface area contributed by atoms with Gasteiger partial charge in [-0.1, -0.05) is 12.1 Å². The molecule has 0 heterocycles. The van der Waals surface area contributed by atoms with Crippen molar-refractivity contribution in [3.63, 3.8) is 0 Å². The number of nitrogens with zero attached hydrogens (tertiary/aromatic N) is 1. The normalized spacial score (nSPS) is 13.8. The first-order valence-corrected chi connectivity index (χ1v) is 7.67. The van der Waals surface area contributed by atoms with Crippen molar-refractivity contribution in [2.24, 2.45) is 5.92 Å². The Morgan fingerprint density at radius 3 is 2.28 bits per heavy atom. The molecular formula is C17H20FN3O4. The van der Waals surface area contributed by atoms with Gasteiger partial charge in [0.05, 0.1) is 6.07 Å². The second-order valence-corrected chi connectivity index (χ2v) is 5.75. The van der Waals surface area contributed by atoms with Crippen molar-refractivity contribution in [3.05, 3.63) is 35.6 Å². The smallest absolute Gasteiger partial charge is 0.326 e. The van der Waals surface area contributed by atoms with Crippen molar-refractivity contribution >= 4 is 17.8 Å². The Morgan fingerprint density at radius 1 is 1.20 bits per heavy atom. The van der Waals surface area contributed by atoms with E-state index in [1.54, 1.807) is 6.92 Å². The minimum absolute atomic E-state index is 0.0546. The Labute approximate surface area is 144 Å². The van der Waals surface area contributed by atoms with E-state index in [4.69, 9.17) is 5.26 Å². The van der Waals surface area contributed by atoms with Gasteiger partial charge in [-0.15, -0.1) is 0 Å². The first kappa shape index (κ1) is 20.1. The Hall–Kier alpha value is -2.95. The summed E-state index contributed by atoms with van der Waals surface area (Å²) in [6, 6.07) is 5.06. The Bertz CT molecular complexity index is 669. The van der Waals surface area contributed by atoms with E-state index in [-0.39, 0.29) is 12.8 Å². The number of carbonyl (C=O) groups excluding carboxylic acids is 2. The number of halogens is 1. The lowest BCUT2D eigenvalue weighted by molar-refractivity contribution is -0.142. The lowest BCUT2D eigenvalue weighted by Gasteiger charge is -2.21. The number of nitrogens with one attached hydrogen (secondary N) is 2. The van der Waals surface area contributed by atoms with Crippen LogP contribution in [0.1, 0.15) is 25.8 Å². The molecule has 0 saturated carbocycles. The molecule has 8 heteroatoms. The predicted molar refractivity (Wildman–Crippen MR) is 86.7 cm³/mol. The van der Waals surface area contributed by atoms with E-state index in [1.807, 2.05) is 6.07 Å². The third-order valence-electron chi connectivity index (χ3n) is 3.47. The van der Waals surface area contributed by atoms with Gasteiger partial charge < -0.3 is 15.7 Å². The summed E-state index contributed by atoms with van der Waals surface area (Å²) in [6.45, 7) is 2.78. The van der Waals surface area contributed by atoms with Gasteiger partial charge in [0.25, 0.3) is 0 Å². The standard InChI is InChI=1S/C17H20FN3O4/c1-10(9-19)7-15(17(24)25)21-16(23)14(20-11(2)22)8-12-3-5-13(18)6-4-12/h3-6,10,14-15H,7-8H2,1-2H3,(H,20,22)(H,21,23)(H,24,25)/t10-,14+,15-/m0/s1. The van der Waals surface area contributed by atoms with Crippen LogP contribution in [0.4, 0.5) is 4.39 Å². The second kappa shape index (κ2) is 9.37. The molecule has 1 rings (SSSR count). The highest BCUT2D eigenvalue weighted by atomic mass is 19.1. The quantitative estimate of drug-likeness (QED) is 0.647. The number of benzene rings is 1. The maximum absolute atomic E-state index is 13.0. The van der Waals surface area contributed by atoms with E-state index in [1.165, 1.54) is 31.2 Å². The fraction of sp³-hybridized carbons (Fsp3) is 0.412.